The molecule has 124 valence electrons. The van der Waals surface area contributed by atoms with Crippen molar-refractivity contribution in [3.8, 4) is 0 Å². The molecular formula is C15H20N4O2S2. The Labute approximate surface area is 144 Å². The molecule has 0 aliphatic carbocycles. The lowest BCUT2D eigenvalue weighted by Gasteiger charge is -2.11. The van der Waals surface area contributed by atoms with Crippen LogP contribution in [0.5, 0.6) is 0 Å². The summed E-state index contributed by atoms with van der Waals surface area (Å²) in [4.78, 5) is 11.8. The lowest BCUT2D eigenvalue weighted by atomic mass is 10.2. The van der Waals surface area contributed by atoms with Crippen molar-refractivity contribution in [1.29, 1.82) is 0 Å². The molecule has 8 heteroatoms. The van der Waals surface area contributed by atoms with Crippen LogP contribution in [0.15, 0.2) is 28.6 Å². The SMILES string of the molecule is COC[C@H](C)NC(=O)CSc1nnc(Nc2cccc(C)c2)s1. The zero-order valence-electron chi connectivity index (χ0n) is 13.3. The van der Waals surface area contributed by atoms with E-state index >= 15 is 0 Å². The number of aromatic nitrogens is 2. The van der Waals surface area contributed by atoms with E-state index < -0.39 is 0 Å². The summed E-state index contributed by atoms with van der Waals surface area (Å²) >= 11 is 2.80. The van der Waals surface area contributed by atoms with Crippen LogP contribution in [-0.2, 0) is 9.53 Å². The zero-order valence-corrected chi connectivity index (χ0v) is 15.0. The molecule has 6 nitrogen and oxygen atoms in total. The number of benzene rings is 1. The van der Waals surface area contributed by atoms with Crippen LogP contribution in [0.4, 0.5) is 10.8 Å². The monoisotopic (exact) mass is 352 g/mol. The number of carbonyl (C=O) groups excluding carboxylic acids is 1. The van der Waals surface area contributed by atoms with Gasteiger partial charge in [-0.3, -0.25) is 4.79 Å². The van der Waals surface area contributed by atoms with Crippen molar-refractivity contribution in [2.24, 2.45) is 0 Å². The molecular weight excluding hydrogens is 332 g/mol. The number of nitrogens with one attached hydrogen (secondary N) is 2. The Morgan fingerprint density at radius 2 is 2.26 bits per heavy atom. The first-order valence-electron chi connectivity index (χ1n) is 7.15. The lowest BCUT2D eigenvalue weighted by molar-refractivity contribution is -0.119. The highest BCUT2D eigenvalue weighted by Gasteiger charge is 2.10. The Bertz CT molecular complexity index is 648. The van der Waals surface area contributed by atoms with E-state index in [2.05, 4.69) is 20.8 Å². The summed E-state index contributed by atoms with van der Waals surface area (Å²) in [6.45, 7) is 4.44. The fraction of sp³-hybridized carbons (Fsp3) is 0.400. The number of amides is 1. The molecule has 1 amide bonds. The van der Waals surface area contributed by atoms with Gasteiger partial charge in [-0.15, -0.1) is 10.2 Å². The highest BCUT2D eigenvalue weighted by molar-refractivity contribution is 8.01. The molecule has 0 spiro atoms. The quantitative estimate of drug-likeness (QED) is 0.712. The number of aryl methyl sites for hydroxylation is 1. The van der Waals surface area contributed by atoms with Crippen LogP contribution in [0.3, 0.4) is 0 Å². The van der Waals surface area contributed by atoms with Gasteiger partial charge in [-0.25, -0.2) is 0 Å². The van der Waals surface area contributed by atoms with E-state index in [1.807, 2.05) is 38.1 Å². The Morgan fingerprint density at radius 1 is 1.43 bits per heavy atom. The van der Waals surface area contributed by atoms with Gasteiger partial charge in [0.1, 0.15) is 0 Å². The molecule has 0 bridgehead atoms. The number of hydrogen-bond acceptors (Lipinski definition) is 7. The molecule has 0 radical (unpaired) electrons. The molecule has 0 aliphatic heterocycles. The van der Waals surface area contributed by atoms with Crippen LogP contribution >= 0.6 is 23.1 Å². The summed E-state index contributed by atoms with van der Waals surface area (Å²) in [5.41, 5.74) is 2.15. The van der Waals surface area contributed by atoms with Crippen LogP contribution in [0.25, 0.3) is 0 Å². The average molecular weight is 352 g/mol. The standard InChI is InChI=1S/C15H20N4O2S2/c1-10-5-4-6-12(7-10)17-14-18-19-15(23-14)22-9-13(20)16-11(2)8-21-3/h4-7,11H,8-9H2,1-3H3,(H,16,20)(H,17,18)/t11-/m0/s1. The maximum Gasteiger partial charge on any atom is 0.230 e. The van der Waals surface area contributed by atoms with E-state index in [-0.39, 0.29) is 11.9 Å². The van der Waals surface area contributed by atoms with E-state index in [1.165, 1.54) is 28.7 Å². The minimum atomic E-state index is -0.0389. The molecule has 0 saturated carbocycles. The molecule has 0 fully saturated rings. The number of methoxy groups -OCH3 is 1. The molecule has 1 heterocycles. The topological polar surface area (TPSA) is 76.1 Å². The van der Waals surface area contributed by atoms with E-state index in [1.54, 1.807) is 7.11 Å². The Kier molecular flexibility index (Phi) is 6.82. The molecule has 0 aliphatic rings. The van der Waals surface area contributed by atoms with Gasteiger partial charge in [-0.2, -0.15) is 0 Å². The number of hydrogen-bond donors (Lipinski definition) is 2. The molecule has 1 aromatic carbocycles. The van der Waals surface area contributed by atoms with Gasteiger partial charge in [0.05, 0.1) is 12.4 Å². The van der Waals surface area contributed by atoms with E-state index in [0.717, 1.165) is 10.0 Å². The maximum atomic E-state index is 11.8. The fourth-order valence-electron chi connectivity index (χ4n) is 1.90. The van der Waals surface area contributed by atoms with Crippen LogP contribution in [0.2, 0.25) is 0 Å². The maximum absolute atomic E-state index is 11.8. The first kappa shape index (κ1) is 17.7. The summed E-state index contributed by atoms with van der Waals surface area (Å²) in [6, 6.07) is 8.04. The van der Waals surface area contributed by atoms with Crippen LogP contribution < -0.4 is 10.6 Å². The van der Waals surface area contributed by atoms with Crippen molar-refractivity contribution >= 4 is 39.8 Å². The van der Waals surface area contributed by atoms with Crippen LogP contribution in [0, 0.1) is 6.92 Å². The van der Waals surface area contributed by atoms with Gasteiger partial charge in [0, 0.05) is 18.8 Å². The normalized spacial score (nSPS) is 12.0. The highest BCUT2D eigenvalue weighted by Crippen LogP contribution is 2.27. The largest absolute Gasteiger partial charge is 0.383 e. The smallest absolute Gasteiger partial charge is 0.230 e. The number of nitrogens with zero attached hydrogens (tertiary/aromatic N) is 2. The van der Waals surface area contributed by atoms with Crippen molar-refractivity contribution < 1.29 is 9.53 Å². The van der Waals surface area contributed by atoms with Gasteiger partial charge >= 0.3 is 0 Å². The number of thioether (sulfide) groups is 1. The minimum absolute atomic E-state index is 0.000989. The van der Waals surface area contributed by atoms with Gasteiger partial charge in [-0.05, 0) is 31.5 Å². The van der Waals surface area contributed by atoms with Gasteiger partial charge in [0.15, 0.2) is 4.34 Å². The number of ether oxygens (including phenoxy) is 1. The third kappa shape index (κ3) is 6.17. The number of carbonyl (C=O) groups is 1. The second kappa shape index (κ2) is 8.85. The predicted octanol–water partition coefficient (Wildman–Crippen LogP) is 2.83. The lowest BCUT2D eigenvalue weighted by Crippen LogP contribution is -2.36. The summed E-state index contributed by atoms with van der Waals surface area (Å²) in [5.74, 6) is 0.274. The van der Waals surface area contributed by atoms with Crippen molar-refractivity contribution in [3.63, 3.8) is 0 Å². The molecule has 2 aromatic rings. The predicted molar refractivity (Wildman–Crippen MR) is 94.6 cm³/mol. The average Bonchev–Trinajstić information content (AvgIpc) is 2.93. The van der Waals surface area contributed by atoms with Crippen molar-refractivity contribution in [2.75, 3.05) is 24.8 Å². The second-order valence-corrected chi connectivity index (χ2v) is 7.28. The van der Waals surface area contributed by atoms with Crippen molar-refractivity contribution in [3.05, 3.63) is 29.8 Å². The Hall–Kier alpha value is -1.64. The van der Waals surface area contributed by atoms with Gasteiger partial charge in [-0.1, -0.05) is 35.2 Å². The Balaban J connectivity index is 1.82. The summed E-state index contributed by atoms with van der Waals surface area (Å²) in [6.07, 6.45) is 0. The van der Waals surface area contributed by atoms with Gasteiger partial charge < -0.3 is 15.4 Å². The highest BCUT2D eigenvalue weighted by atomic mass is 32.2. The fourth-order valence-corrected chi connectivity index (χ4v) is 3.48. The first-order valence-corrected chi connectivity index (χ1v) is 8.95. The molecule has 23 heavy (non-hydrogen) atoms. The molecule has 1 aromatic heterocycles. The number of rotatable bonds is 8. The van der Waals surface area contributed by atoms with Gasteiger partial charge in [0.25, 0.3) is 0 Å². The molecule has 1 atom stereocenters. The van der Waals surface area contributed by atoms with Crippen molar-refractivity contribution in [2.45, 2.75) is 24.2 Å². The Morgan fingerprint density at radius 3 is 3.00 bits per heavy atom. The first-order chi connectivity index (χ1) is 11.1. The van der Waals surface area contributed by atoms with Crippen molar-refractivity contribution in [1.82, 2.24) is 15.5 Å². The molecule has 0 saturated heterocycles. The van der Waals surface area contributed by atoms with E-state index in [4.69, 9.17) is 4.74 Å². The zero-order chi connectivity index (χ0) is 16.7. The van der Waals surface area contributed by atoms with Crippen LogP contribution in [0.1, 0.15) is 12.5 Å². The molecule has 0 unspecified atom stereocenters. The summed E-state index contributed by atoms with van der Waals surface area (Å²) in [7, 11) is 1.61. The van der Waals surface area contributed by atoms with Gasteiger partial charge in [0.2, 0.25) is 11.0 Å². The van der Waals surface area contributed by atoms with Crippen LogP contribution in [-0.4, -0.2) is 41.6 Å². The summed E-state index contributed by atoms with van der Waals surface area (Å²) in [5, 5.41) is 15.0. The third-order valence-electron chi connectivity index (χ3n) is 2.83. The third-order valence-corrected chi connectivity index (χ3v) is 4.80. The van der Waals surface area contributed by atoms with E-state index in [9.17, 15) is 4.79 Å². The molecule has 2 N–H and O–H groups in total. The second-order valence-electron chi connectivity index (χ2n) is 5.08. The minimum Gasteiger partial charge on any atom is -0.383 e. The summed E-state index contributed by atoms with van der Waals surface area (Å²) < 4.78 is 5.74. The molecule has 2 rings (SSSR count). The number of anilines is 2. The van der Waals surface area contributed by atoms with E-state index in [0.29, 0.717) is 17.5 Å².